The van der Waals surface area contributed by atoms with Crippen molar-refractivity contribution in [1.82, 2.24) is 4.90 Å². The number of hydrogen-bond donors (Lipinski definition) is 1. The normalized spacial score (nSPS) is 11.5. The zero-order valence-electron chi connectivity index (χ0n) is 9.49. The van der Waals surface area contributed by atoms with Gasteiger partial charge in [-0.2, -0.15) is 0 Å². The highest BCUT2D eigenvalue weighted by molar-refractivity contribution is 5.93. The Morgan fingerprint density at radius 2 is 2.27 bits per heavy atom. The summed E-state index contributed by atoms with van der Waals surface area (Å²) >= 11 is 0. The molecule has 0 radical (unpaired) electrons. The SMILES string of the molecule is CN(CC(C)(C)CN)C(=O)c1ccoc1. The number of amides is 1. The molecule has 2 N–H and O–H groups in total. The van der Waals surface area contributed by atoms with E-state index in [1.165, 1.54) is 12.5 Å². The van der Waals surface area contributed by atoms with Crippen LogP contribution >= 0.6 is 0 Å². The number of rotatable bonds is 4. The van der Waals surface area contributed by atoms with Gasteiger partial charge in [0.2, 0.25) is 0 Å². The third-order valence-corrected chi connectivity index (χ3v) is 2.33. The molecule has 4 heteroatoms. The van der Waals surface area contributed by atoms with E-state index in [1.54, 1.807) is 18.0 Å². The second-order valence-electron chi connectivity index (χ2n) is 4.54. The third kappa shape index (κ3) is 3.09. The van der Waals surface area contributed by atoms with Crippen molar-refractivity contribution in [1.29, 1.82) is 0 Å². The Labute approximate surface area is 90.0 Å². The lowest BCUT2D eigenvalue weighted by Gasteiger charge is -2.28. The molecule has 0 aromatic carbocycles. The molecule has 1 aromatic heterocycles. The lowest BCUT2D eigenvalue weighted by molar-refractivity contribution is 0.0740. The maximum absolute atomic E-state index is 11.8. The first-order valence-electron chi connectivity index (χ1n) is 4.94. The maximum Gasteiger partial charge on any atom is 0.256 e. The Bertz CT molecular complexity index is 317. The summed E-state index contributed by atoms with van der Waals surface area (Å²) in [6, 6.07) is 1.66. The van der Waals surface area contributed by atoms with Crippen LogP contribution < -0.4 is 5.73 Å². The van der Waals surface area contributed by atoms with E-state index in [4.69, 9.17) is 10.2 Å². The molecule has 0 spiro atoms. The maximum atomic E-state index is 11.8. The molecule has 0 aliphatic carbocycles. The van der Waals surface area contributed by atoms with Crippen molar-refractivity contribution in [2.75, 3.05) is 20.1 Å². The van der Waals surface area contributed by atoms with Gasteiger partial charge in [-0.15, -0.1) is 0 Å². The fraction of sp³-hybridized carbons (Fsp3) is 0.545. The van der Waals surface area contributed by atoms with E-state index in [0.29, 0.717) is 18.7 Å². The van der Waals surface area contributed by atoms with Crippen LogP contribution in [0.2, 0.25) is 0 Å². The van der Waals surface area contributed by atoms with Gasteiger partial charge in [-0.05, 0) is 18.0 Å². The van der Waals surface area contributed by atoms with E-state index in [0.717, 1.165) is 0 Å². The molecular formula is C11H18N2O2. The third-order valence-electron chi connectivity index (χ3n) is 2.33. The van der Waals surface area contributed by atoms with Gasteiger partial charge in [0.25, 0.3) is 5.91 Å². The molecular weight excluding hydrogens is 192 g/mol. The van der Waals surface area contributed by atoms with Crippen LogP contribution in [-0.4, -0.2) is 30.9 Å². The Morgan fingerprint density at radius 3 is 2.73 bits per heavy atom. The molecule has 84 valence electrons. The van der Waals surface area contributed by atoms with E-state index in [9.17, 15) is 4.79 Å². The van der Waals surface area contributed by atoms with Crippen LogP contribution in [0.15, 0.2) is 23.0 Å². The average Bonchev–Trinajstić information content (AvgIpc) is 2.68. The van der Waals surface area contributed by atoms with Crippen molar-refractivity contribution in [3.63, 3.8) is 0 Å². The van der Waals surface area contributed by atoms with E-state index in [2.05, 4.69) is 0 Å². The van der Waals surface area contributed by atoms with Gasteiger partial charge in [0.15, 0.2) is 0 Å². The van der Waals surface area contributed by atoms with E-state index in [-0.39, 0.29) is 11.3 Å². The number of furan rings is 1. The summed E-state index contributed by atoms with van der Waals surface area (Å²) in [5, 5.41) is 0. The molecule has 1 aromatic rings. The van der Waals surface area contributed by atoms with Gasteiger partial charge in [-0.3, -0.25) is 4.79 Å². The Hall–Kier alpha value is -1.29. The van der Waals surface area contributed by atoms with Crippen LogP contribution in [0.1, 0.15) is 24.2 Å². The monoisotopic (exact) mass is 210 g/mol. The van der Waals surface area contributed by atoms with Crippen LogP contribution in [0.3, 0.4) is 0 Å². The molecule has 0 fully saturated rings. The first-order valence-corrected chi connectivity index (χ1v) is 4.94. The zero-order valence-corrected chi connectivity index (χ0v) is 9.49. The van der Waals surface area contributed by atoms with Gasteiger partial charge in [0, 0.05) is 13.6 Å². The molecule has 1 amide bonds. The van der Waals surface area contributed by atoms with Crippen molar-refractivity contribution < 1.29 is 9.21 Å². The molecule has 0 atom stereocenters. The fourth-order valence-electron chi connectivity index (χ4n) is 1.38. The van der Waals surface area contributed by atoms with E-state index < -0.39 is 0 Å². The molecule has 1 rings (SSSR count). The van der Waals surface area contributed by atoms with Gasteiger partial charge < -0.3 is 15.1 Å². The van der Waals surface area contributed by atoms with Crippen LogP contribution in [0.5, 0.6) is 0 Å². The Balaban J connectivity index is 2.62. The smallest absolute Gasteiger partial charge is 0.256 e. The molecule has 0 aliphatic rings. The second-order valence-corrected chi connectivity index (χ2v) is 4.54. The molecule has 0 bridgehead atoms. The minimum absolute atomic E-state index is 0.0368. The summed E-state index contributed by atoms with van der Waals surface area (Å²) in [4.78, 5) is 13.5. The topological polar surface area (TPSA) is 59.5 Å². The van der Waals surface area contributed by atoms with Gasteiger partial charge in [-0.25, -0.2) is 0 Å². The van der Waals surface area contributed by atoms with Crippen molar-refractivity contribution >= 4 is 5.91 Å². The molecule has 0 unspecified atom stereocenters. The highest BCUT2D eigenvalue weighted by Crippen LogP contribution is 2.15. The van der Waals surface area contributed by atoms with Gasteiger partial charge in [-0.1, -0.05) is 13.8 Å². The van der Waals surface area contributed by atoms with Gasteiger partial charge in [0.1, 0.15) is 6.26 Å². The van der Waals surface area contributed by atoms with E-state index in [1.807, 2.05) is 13.8 Å². The average molecular weight is 210 g/mol. The summed E-state index contributed by atoms with van der Waals surface area (Å²) in [6.07, 6.45) is 2.95. The molecule has 1 heterocycles. The zero-order chi connectivity index (χ0) is 11.5. The number of carbonyl (C=O) groups excluding carboxylic acids is 1. The van der Waals surface area contributed by atoms with Crippen LogP contribution in [0, 0.1) is 5.41 Å². The van der Waals surface area contributed by atoms with Crippen LogP contribution in [0.4, 0.5) is 0 Å². The Morgan fingerprint density at radius 1 is 1.60 bits per heavy atom. The van der Waals surface area contributed by atoms with Gasteiger partial charge in [0.05, 0.1) is 11.8 Å². The van der Waals surface area contributed by atoms with E-state index >= 15 is 0 Å². The number of nitrogens with zero attached hydrogens (tertiary/aromatic N) is 1. The second kappa shape index (κ2) is 4.49. The standard InChI is InChI=1S/C11H18N2O2/c1-11(2,7-12)8-13(3)10(14)9-4-5-15-6-9/h4-6H,7-8,12H2,1-3H3. The van der Waals surface area contributed by atoms with Crippen molar-refractivity contribution in [2.24, 2.45) is 11.1 Å². The Kier molecular flexibility index (Phi) is 3.52. The summed E-state index contributed by atoms with van der Waals surface area (Å²) < 4.78 is 4.87. The van der Waals surface area contributed by atoms with Crippen molar-refractivity contribution in [3.05, 3.63) is 24.2 Å². The number of hydrogen-bond acceptors (Lipinski definition) is 3. The first-order chi connectivity index (χ1) is 6.96. The van der Waals surface area contributed by atoms with Crippen LogP contribution in [-0.2, 0) is 0 Å². The fourth-order valence-corrected chi connectivity index (χ4v) is 1.38. The summed E-state index contributed by atoms with van der Waals surface area (Å²) in [6.45, 7) is 5.25. The van der Waals surface area contributed by atoms with Gasteiger partial charge >= 0.3 is 0 Å². The quantitative estimate of drug-likeness (QED) is 0.815. The molecule has 0 saturated heterocycles. The lowest BCUT2D eigenvalue weighted by atomic mass is 9.93. The van der Waals surface area contributed by atoms with Crippen LogP contribution in [0.25, 0.3) is 0 Å². The summed E-state index contributed by atoms with van der Waals surface area (Å²) in [7, 11) is 1.77. The molecule has 0 saturated carbocycles. The summed E-state index contributed by atoms with van der Waals surface area (Å²) in [5.41, 5.74) is 6.13. The minimum Gasteiger partial charge on any atom is -0.472 e. The van der Waals surface area contributed by atoms with Crippen molar-refractivity contribution in [2.45, 2.75) is 13.8 Å². The number of carbonyl (C=O) groups is 1. The first kappa shape index (κ1) is 11.8. The molecule has 4 nitrogen and oxygen atoms in total. The summed E-state index contributed by atoms with van der Waals surface area (Å²) in [5.74, 6) is -0.0368. The largest absolute Gasteiger partial charge is 0.472 e. The lowest BCUT2D eigenvalue weighted by Crippen LogP contribution is -2.39. The molecule has 15 heavy (non-hydrogen) atoms. The highest BCUT2D eigenvalue weighted by Gasteiger charge is 2.22. The van der Waals surface area contributed by atoms with Crippen molar-refractivity contribution in [3.8, 4) is 0 Å². The minimum atomic E-state index is -0.0614. The predicted molar refractivity (Wildman–Crippen MR) is 58.5 cm³/mol. The predicted octanol–water partition coefficient (Wildman–Crippen LogP) is 1.34. The molecule has 0 aliphatic heterocycles. The number of nitrogens with two attached hydrogens (primary N) is 1. The highest BCUT2D eigenvalue weighted by atomic mass is 16.3.